The largest absolute Gasteiger partial charge is 0.433 e. The fourth-order valence-electron chi connectivity index (χ4n) is 2.45. The molecule has 0 amide bonds. The van der Waals surface area contributed by atoms with E-state index in [4.69, 9.17) is 0 Å². The number of alkyl halides is 2. The summed E-state index contributed by atoms with van der Waals surface area (Å²) in [4.78, 5) is 6.12. The Bertz CT molecular complexity index is 501. The molecule has 1 aromatic carbocycles. The minimum atomic E-state index is -2.81. The van der Waals surface area contributed by atoms with Gasteiger partial charge in [-0.2, -0.15) is 8.78 Å². The van der Waals surface area contributed by atoms with Gasteiger partial charge in [-0.05, 0) is 18.6 Å². The van der Waals surface area contributed by atoms with Crippen LogP contribution in [0.5, 0.6) is 5.75 Å². The highest BCUT2D eigenvalue weighted by Gasteiger charge is 2.25. The van der Waals surface area contributed by atoms with Crippen molar-refractivity contribution >= 4 is 35.6 Å². The van der Waals surface area contributed by atoms with Crippen LogP contribution in [0.15, 0.2) is 29.3 Å². The van der Waals surface area contributed by atoms with Crippen LogP contribution < -0.4 is 20.3 Å². The Morgan fingerprint density at radius 2 is 2.14 bits per heavy atom. The number of nitrogens with one attached hydrogen (secondary N) is 2. The zero-order valence-electron chi connectivity index (χ0n) is 12.6. The summed E-state index contributed by atoms with van der Waals surface area (Å²) >= 11 is 0. The molecule has 1 fully saturated rings. The lowest BCUT2D eigenvalue weighted by molar-refractivity contribution is -0.0495. The van der Waals surface area contributed by atoms with Crippen molar-refractivity contribution < 1.29 is 13.5 Å². The second-order valence-corrected chi connectivity index (χ2v) is 4.74. The van der Waals surface area contributed by atoms with Crippen molar-refractivity contribution in [2.24, 2.45) is 4.99 Å². The minimum Gasteiger partial charge on any atom is -0.433 e. The summed E-state index contributed by atoms with van der Waals surface area (Å²) in [7, 11) is 3.51. The molecule has 1 unspecified atom stereocenters. The van der Waals surface area contributed by atoms with Crippen molar-refractivity contribution in [3.8, 4) is 5.75 Å². The minimum absolute atomic E-state index is 0. The van der Waals surface area contributed by atoms with Gasteiger partial charge in [0.05, 0.1) is 5.69 Å². The van der Waals surface area contributed by atoms with E-state index in [1.807, 2.05) is 11.0 Å². The Labute approximate surface area is 146 Å². The fourth-order valence-corrected chi connectivity index (χ4v) is 2.45. The van der Waals surface area contributed by atoms with E-state index in [2.05, 4.69) is 20.4 Å². The van der Waals surface area contributed by atoms with E-state index >= 15 is 0 Å². The van der Waals surface area contributed by atoms with Crippen LogP contribution in [-0.4, -0.2) is 45.8 Å². The third kappa shape index (κ3) is 4.85. The number of rotatable bonds is 4. The van der Waals surface area contributed by atoms with E-state index in [0.29, 0.717) is 12.2 Å². The van der Waals surface area contributed by atoms with Crippen LogP contribution in [0.4, 0.5) is 14.5 Å². The summed E-state index contributed by atoms with van der Waals surface area (Å²) in [6.45, 7) is -1.32. The molecule has 0 bridgehead atoms. The van der Waals surface area contributed by atoms with Gasteiger partial charge in [0.25, 0.3) is 0 Å². The van der Waals surface area contributed by atoms with Crippen molar-refractivity contribution in [2.45, 2.75) is 19.1 Å². The second kappa shape index (κ2) is 8.96. The first-order chi connectivity index (χ1) is 10.1. The van der Waals surface area contributed by atoms with Gasteiger partial charge in [0.2, 0.25) is 0 Å². The van der Waals surface area contributed by atoms with Crippen LogP contribution in [0.3, 0.4) is 0 Å². The summed E-state index contributed by atoms with van der Waals surface area (Å²) in [5.41, 5.74) is 0.696. The molecule has 22 heavy (non-hydrogen) atoms. The van der Waals surface area contributed by atoms with Gasteiger partial charge in [-0.25, -0.2) is 0 Å². The van der Waals surface area contributed by atoms with Crippen molar-refractivity contribution in [1.29, 1.82) is 0 Å². The van der Waals surface area contributed by atoms with Gasteiger partial charge >= 0.3 is 6.61 Å². The highest BCUT2D eigenvalue weighted by molar-refractivity contribution is 14.0. The van der Waals surface area contributed by atoms with Crippen LogP contribution in [0.25, 0.3) is 0 Å². The molecule has 1 aliphatic heterocycles. The summed E-state index contributed by atoms with van der Waals surface area (Å²) in [6.07, 6.45) is 0.906. The average Bonchev–Trinajstić information content (AvgIpc) is 2.93. The summed E-state index contributed by atoms with van der Waals surface area (Å²) < 4.78 is 29.5. The van der Waals surface area contributed by atoms with Gasteiger partial charge in [0.1, 0.15) is 5.75 Å². The number of benzene rings is 1. The quantitative estimate of drug-likeness (QED) is 0.441. The van der Waals surface area contributed by atoms with Crippen molar-refractivity contribution in [2.75, 3.05) is 32.1 Å². The molecule has 5 nitrogen and oxygen atoms in total. The number of hydrogen-bond donors (Lipinski definition) is 2. The van der Waals surface area contributed by atoms with E-state index in [-0.39, 0.29) is 35.8 Å². The van der Waals surface area contributed by atoms with Gasteiger partial charge in [0.15, 0.2) is 5.96 Å². The molecule has 0 radical (unpaired) electrons. The first kappa shape index (κ1) is 18.7. The molecular weight excluding hydrogens is 405 g/mol. The van der Waals surface area contributed by atoms with Crippen LogP contribution in [0.2, 0.25) is 0 Å². The lowest BCUT2D eigenvalue weighted by Gasteiger charge is -2.22. The maximum absolute atomic E-state index is 12.5. The molecule has 2 rings (SSSR count). The lowest BCUT2D eigenvalue weighted by Crippen LogP contribution is -2.43. The van der Waals surface area contributed by atoms with E-state index < -0.39 is 6.61 Å². The molecule has 0 aliphatic carbocycles. The Morgan fingerprint density at radius 3 is 2.77 bits per heavy atom. The first-order valence-corrected chi connectivity index (χ1v) is 6.84. The van der Waals surface area contributed by atoms with Crippen molar-refractivity contribution in [3.05, 3.63) is 24.3 Å². The van der Waals surface area contributed by atoms with Crippen molar-refractivity contribution in [1.82, 2.24) is 10.6 Å². The fraction of sp³-hybridized carbons (Fsp3) is 0.500. The van der Waals surface area contributed by atoms with Crippen LogP contribution in [-0.2, 0) is 0 Å². The van der Waals surface area contributed by atoms with Crippen LogP contribution >= 0.6 is 24.0 Å². The van der Waals surface area contributed by atoms with Crippen molar-refractivity contribution in [3.63, 3.8) is 0 Å². The Morgan fingerprint density at radius 1 is 1.41 bits per heavy atom. The highest BCUT2D eigenvalue weighted by Crippen LogP contribution is 2.31. The first-order valence-electron chi connectivity index (χ1n) is 6.84. The Kier molecular flexibility index (Phi) is 7.63. The SMILES string of the molecule is CN=C(NC)NC1CCN(c2ccccc2OC(F)F)C1.I. The van der Waals surface area contributed by atoms with Gasteiger partial charge in [-0.3, -0.25) is 4.99 Å². The summed E-state index contributed by atoms with van der Waals surface area (Å²) in [5.74, 6) is 0.935. The predicted molar refractivity (Wildman–Crippen MR) is 94.7 cm³/mol. The number of aliphatic imine (C=N–C) groups is 1. The molecule has 1 heterocycles. The van der Waals surface area contributed by atoms with Crippen LogP contribution in [0.1, 0.15) is 6.42 Å². The summed E-state index contributed by atoms with van der Waals surface area (Å²) in [6, 6.07) is 7.09. The lowest BCUT2D eigenvalue weighted by atomic mass is 10.2. The van der Waals surface area contributed by atoms with Gasteiger partial charge in [-0.1, -0.05) is 12.1 Å². The third-order valence-electron chi connectivity index (χ3n) is 3.41. The normalized spacial score (nSPS) is 18.1. The molecule has 0 aromatic heterocycles. The summed E-state index contributed by atoms with van der Waals surface area (Å²) in [5, 5.41) is 6.25. The number of halogens is 3. The molecule has 0 spiro atoms. The van der Waals surface area contributed by atoms with E-state index in [1.54, 1.807) is 32.3 Å². The molecule has 124 valence electrons. The monoisotopic (exact) mass is 426 g/mol. The Hall–Kier alpha value is -1.32. The van der Waals surface area contributed by atoms with Gasteiger partial charge in [0, 0.05) is 33.2 Å². The van der Waals surface area contributed by atoms with Gasteiger partial charge < -0.3 is 20.3 Å². The number of nitrogens with zero attached hydrogens (tertiary/aromatic N) is 2. The highest BCUT2D eigenvalue weighted by atomic mass is 127. The molecule has 1 aromatic rings. The zero-order chi connectivity index (χ0) is 15.2. The smallest absolute Gasteiger partial charge is 0.387 e. The van der Waals surface area contributed by atoms with E-state index in [0.717, 1.165) is 18.9 Å². The topological polar surface area (TPSA) is 48.9 Å². The van der Waals surface area contributed by atoms with E-state index in [9.17, 15) is 8.78 Å². The molecule has 1 atom stereocenters. The molecule has 8 heteroatoms. The standard InChI is InChI=1S/C14H20F2N4O.HI/c1-17-14(18-2)19-10-7-8-20(9-10)11-5-3-4-6-12(11)21-13(15)16;/h3-6,10,13H,7-9H2,1-2H3,(H2,17,18,19);1H. The predicted octanol–water partition coefficient (Wildman–Crippen LogP) is 2.28. The van der Waals surface area contributed by atoms with E-state index in [1.165, 1.54) is 0 Å². The number of hydrogen-bond acceptors (Lipinski definition) is 3. The molecule has 2 N–H and O–H groups in total. The van der Waals surface area contributed by atoms with Gasteiger partial charge in [-0.15, -0.1) is 24.0 Å². The molecule has 1 aliphatic rings. The maximum atomic E-state index is 12.5. The molecule has 0 saturated carbocycles. The molecular formula is C14H21F2IN4O. The number of ether oxygens (including phenoxy) is 1. The number of para-hydroxylation sites is 2. The number of anilines is 1. The third-order valence-corrected chi connectivity index (χ3v) is 3.41. The average molecular weight is 426 g/mol. The zero-order valence-corrected chi connectivity index (χ0v) is 14.9. The Balaban J connectivity index is 0.00000242. The number of guanidine groups is 1. The molecule has 1 saturated heterocycles. The van der Waals surface area contributed by atoms with Crippen LogP contribution in [0, 0.1) is 0 Å². The second-order valence-electron chi connectivity index (χ2n) is 4.74. The maximum Gasteiger partial charge on any atom is 0.387 e.